The number of oxazole rings is 1. The molecular weight excluding hydrogens is 402 g/mol. The summed E-state index contributed by atoms with van der Waals surface area (Å²) in [5.41, 5.74) is 3.74. The third kappa shape index (κ3) is 3.36. The van der Waals surface area contributed by atoms with Crippen LogP contribution in [0.3, 0.4) is 0 Å². The van der Waals surface area contributed by atoms with E-state index in [1.807, 2.05) is 24.3 Å². The first-order chi connectivity index (χ1) is 15.0. The Morgan fingerprint density at radius 1 is 1.00 bits per heavy atom. The highest BCUT2D eigenvalue weighted by molar-refractivity contribution is 5.83. The molecule has 0 spiro atoms. The maximum atomic E-state index is 14.0. The molecule has 2 aromatic heterocycles. The van der Waals surface area contributed by atoms with Crippen LogP contribution in [0.25, 0.3) is 45.1 Å². The predicted octanol–water partition coefficient (Wildman–Crippen LogP) is 4.73. The Morgan fingerprint density at radius 3 is 2.61 bits per heavy atom. The van der Waals surface area contributed by atoms with Crippen molar-refractivity contribution in [2.75, 3.05) is 0 Å². The molecule has 0 unspecified atom stereocenters. The minimum atomic E-state index is -0.550. The van der Waals surface area contributed by atoms with Crippen LogP contribution in [0, 0.1) is 11.6 Å². The van der Waals surface area contributed by atoms with Crippen LogP contribution in [0.2, 0.25) is 0 Å². The molecule has 0 aliphatic rings. The monoisotopic (exact) mass is 418 g/mol. The second-order valence-electron chi connectivity index (χ2n) is 7.12. The summed E-state index contributed by atoms with van der Waals surface area (Å²) in [5, 5.41) is 17.3. The summed E-state index contributed by atoms with van der Waals surface area (Å²) in [5.74, 6) is -0.0768. The second-order valence-corrected chi connectivity index (χ2v) is 7.12. The van der Waals surface area contributed by atoms with Gasteiger partial charge in [0.1, 0.15) is 23.5 Å². The van der Waals surface area contributed by atoms with Crippen molar-refractivity contribution in [1.29, 1.82) is 0 Å². The van der Waals surface area contributed by atoms with Crippen molar-refractivity contribution < 1.29 is 18.3 Å². The first-order valence-corrected chi connectivity index (χ1v) is 9.48. The van der Waals surface area contributed by atoms with Gasteiger partial charge in [-0.3, -0.25) is 0 Å². The molecule has 0 aliphatic carbocycles. The zero-order valence-corrected chi connectivity index (χ0v) is 16.4. The van der Waals surface area contributed by atoms with Crippen LogP contribution in [0.15, 0.2) is 65.3 Å². The van der Waals surface area contributed by atoms with Gasteiger partial charge in [-0.2, -0.15) is 0 Å². The number of aliphatic hydroxyl groups excluding tert-OH is 1. The lowest BCUT2D eigenvalue weighted by molar-refractivity contribution is 0.276. The summed E-state index contributed by atoms with van der Waals surface area (Å²) >= 11 is 0. The van der Waals surface area contributed by atoms with Gasteiger partial charge in [0, 0.05) is 29.8 Å². The Labute approximate surface area is 175 Å². The van der Waals surface area contributed by atoms with E-state index in [4.69, 9.17) is 4.42 Å². The molecule has 0 saturated heterocycles. The molecule has 5 aromatic rings. The number of aryl methyl sites for hydroxylation is 1. The molecule has 0 radical (unpaired) electrons. The van der Waals surface area contributed by atoms with Gasteiger partial charge in [-0.05, 0) is 41.5 Å². The van der Waals surface area contributed by atoms with Gasteiger partial charge in [-0.15, -0.1) is 10.2 Å². The average molecular weight is 418 g/mol. The standard InChI is InChI=1S/C23H16F2N4O2/c1-29-12-26-28-22(29)18-9-16(24)5-6-17(18)13-3-2-4-14(7-13)23-27-20-8-15(11-30)19(25)10-21(20)31-23/h2-10,12,30H,11H2,1H3. The number of nitrogens with zero attached hydrogens (tertiary/aromatic N) is 4. The number of aliphatic hydroxyl groups is 1. The molecular formula is C23H16F2N4O2. The van der Waals surface area contributed by atoms with E-state index in [1.54, 1.807) is 24.0 Å². The number of benzene rings is 3. The molecule has 0 aliphatic heterocycles. The number of hydrogen-bond donors (Lipinski definition) is 1. The highest BCUT2D eigenvalue weighted by Crippen LogP contribution is 2.34. The third-order valence-electron chi connectivity index (χ3n) is 5.08. The minimum absolute atomic E-state index is 0.153. The van der Waals surface area contributed by atoms with Crippen molar-refractivity contribution in [3.8, 4) is 34.0 Å². The van der Waals surface area contributed by atoms with Crippen molar-refractivity contribution in [1.82, 2.24) is 19.7 Å². The van der Waals surface area contributed by atoms with Crippen molar-refractivity contribution in [2.45, 2.75) is 6.61 Å². The van der Waals surface area contributed by atoms with E-state index in [-0.39, 0.29) is 17.0 Å². The Morgan fingerprint density at radius 2 is 1.84 bits per heavy atom. The highest BCUT2D eigenvalue weighted by atomic mass is 19.1. The van der Waals surface area contributed by atoms with Gasteiger partial charge in [0.25, 0.3) is 0 Å². The topological polar surface area (TPSA) is 77.0 Å². The Bertz CT molecular complexity index is 1420. The van der Waals surface area contributed by atoms with Crippen LogP contribution in [-0.4, -0.2) is 24.9 Å². The summed E-state index contributed by atoms with van der Waals surface area (Å²) in [6.45, 7) is -0.422. The number of fused-ring (bicyclic) bond motifs is 1. The molecule has 5 rings (SSSR count). The molecule has 154 valence electrons. The molecule has 0 saturated carbocycles. The minimum Gasteiger partial charge on any atom is -0.436 e. The highest BCUT2D eigenvalue weighted by Gasteiger charge is 2.16. The van der Waals surface area contributed by atoms with Crippen molar-refractivity contribution in [3.63, 3.8) is 0 Å². The van der Waals surface area contributed by atoms with Gasteiger partial charge < -0.3 is 14.1 Å². The molecule has 0 bridgehead atoms. The molecule has 8 heteroatoms. The van der Waals surface area contributed by atoms with Gasteiger partial charge >= 0.3 is 0 Å². The van der Waals surface area contributed by atoms with Crippen LogP contribution in [0.4, 0.5) is 8.78 Å². The van der Waals surface area contributed by atoms with Gasteiger partial charge in [-0.25, -0.2) is 13.8 Å². The normalized spacial score (nSPS) is 11.4. The molecule has 2 heterocycles. The lowest BCUT2D eigenvalue weighted by Gasteiger charge is -2.10. The van der Waals surface area contributed by atoms with E-state index >= 15 is 0 Å². The van der Waals surface area contributed by atoms with Crippen LogP contribution in [0.1, 0.15) is 5.56 Å². The summed E-state index contributed by atoms with van der Waals surface area (Å²) in [4.78, 5) is 4.44. The smallest absolute Gasteiger partial charge is 0.227 e. The summed E-state index contributed by atoms with van der Waals surface area (Å²) < 4.78 is 35.4. The van der Waals surface area contributed by atoms with Crippen molar-refractivity contribution in [3.05, 3.63) is 78.1 Å². The van der Waals surface area contributed by atoms with Crippen LogP contribution < -0.4 is 0 Å². The maximum absolute atomic E-state index is 14.0. The zero-order valence-electron chi connectivity index (χ0n) is 16.4. The van der Waals surface area contributed by atoms with Gasteiger partial charge in [0.05, 0.1) is 6.61 Å². The quantitative estimate of drug-likeness (QED) is 0.457. The van der Waals surface area contributed by atoms with Crippen LogP contribution in [0.5, 0.6) is 0 Å². The van der Waals surface area contributed by atoms with E-state index in [0.29, 0.717) is 28.4 Å². The Kier molecular flexibility index (Phi) is 4.56. The number of aromatic nitrogens is 4. The maximum Gasteiger partial charge on any atom is 0.227 e. The fourth-order valence-corrected chi connectivity index (χ4v) is 3.54. The molecule has 3 aromatic carbocycles. The van der Waals surface area contributed by atoms with E-state index in [2.05, 4.69) is 15.2 Å². The SMILES string of the molecule is Cn1cnnc1-c1cc(F)ccc1-c1cccc(-c2nc3cc(CO)c(F)cc3o2)c1. The van der Waals surface area contributed by atoms with Crippen molar-refractivity contribution >= 4 is 11.1 Å². The molecule has 6 nitrogen and oxygen atoms in total. The van der Waals surface area contributed by atoms with Gasteiger partial charge in [-0.1, -0.05) is 18.2 Å². The predicted molar refractivity (Wildman–Crippen MR) is 111 cm³/mol. The lowest BCUT2D eigenvalue weighted by atomic mass is 9.97. The molecule has 0 amide bonds. The zero-order chi connectivity index (χ0) is 21.5. The first-order valence-electron chi connectivity index (χ1n) is 9.48. The summed E-state index contributed by atoms with van der Waals surface area (Å²) in [6.07, 6.45) is 1.55. The van der Waals surface area contributed by atoms with Crippen LogP contribution in [-0.2, 0) is 13.7 Å². The molecule has 0 fully saturated rings. The second kappa shape index (κ2) is 7.41. The van der Waals surface area contributed by atoms with Crippen LogP contribution >= 0.6 is 0 Å². The Balaban J connectivity index is 1.63. The van der Waals surface area contributed by atoms with E-state index in [9.17, 15) is 13.9 Å². The fraction of sp³-hybridized carbons (Fsp3) is 0.0870. The summed E-state index contributed by atoms with van der Waals surface area (Å²) in [7, 11) is 1.79. The van der Waals surface area contributed by atoms with Gasteiger partial charge in [0.2, 0.25) is 5.89 Å². The Hall–Kier alpha value is -3.91. The van der Waals surface area contributed by atoms with Crippen molar-refractivity contribution in [2.24, 2.45) is 7.05 Å². The largest absolute Gasteiger partial charge is 0.436 e. The number of hydrogen-bond acceptors (Lipinski definition) is 5. The third-order valence-corrected chi connectivity index (χ3v) is 5.08. The van der Waals surface area contributed by atoms with E-state index in [0.717, 1.165) is 11.1 Å². The van der Waals surface area contributed by atoms with E-state index < -0.39 is 12.4 Å². The average Bonchev–Trinajstić information content (AvgIpc) is 3.38. The molecule has 0 atom stereocenters. The number of rotatable bonds is 4. The van der Waals surface area contributed by atoms with E-state index in [1.165, 1.54) is 24.3 Å². The molecule has 31 heavy (non-hydrogen) atoms. The van der Waals surface area contributed by atoms with Gasteiger partial charge in [0.15, 0.2) is 11.4 Å². The number of halogens is 2. The summed E-state index contributed by atoms with van der Waals surface area (Å²) in [6, 6.07) is 14.6. The lowest BCUT2D eigenvalue weighted by Crippen LogP contribution is -1.95. The fourth-order valence-electron chi connectivity index (χ4n) is 3.54. The first kappa shape index (κ1) is 19.1. The molecule has 1 N–H and O–H groups in total.